The van der Waals surface area contributed by atoms with E-state index in [1.54, 1.807) is 0 Å². The van der Waals surface area contributed by atoms with E-state index in [2.05, 4.69) is 50.3 Å². The first-order valence-electron chi connectivity index (χ1n) is 6.39. The fourth-order valence-corrected chi connectivity index (χ4v) is 2.89. The number of hydrogen-bond donors (Lipinski definition) is 0. The molecule has 0 aromatic heterocycles. The summed E-state index contributed by atoms with van der Waals surface area (Å²) in [5.41, 5.74) is 0.796. The number of unbranched alkanes of at least 4 members (excludes halogenated alkanes) is 1. The van der Waals surface area contributed by atoms with Crippen molar-refractivity contribution in [3.05, 3.63) is 31.8 Å². The molecule has 0 spiro atoms. The molecule has 1 aromatic carbocycles. The van der Waals surface area contributed by atoms with Crippen molar-refractivity contribution < 1.29 is 4.79 Å². The maximum atomic E-state index is 12.6. The van der Waals surface area contributed by atoms with E-state index in [9.17, 15) is 4.79 Å². The molecule has 0 atom stereocenters. The smallest absolute Gasteiger partial charge is 0.255 e. The Kier molecular flexibility index (Phi) is 5.06. The van der Waals surface area contributed by atoms with Crippen LogP contribution >= 0.6 is 38.5 Å². The molecule has 0 radical (unpaired) electrons. The topological polar surface area (TPSA) is 20.3 Å². The Morgan fingerprint density at radius 2 is 2.22 bits per heavy atom. The van der Waals surface area contributed by atoms with Gasteiger partial charge in [0.2, 0.25) is 0 Å². The van der Waals surface area contributed by atoms with E-state index in [1.165, 1.54) is 0 Å². The van der Waals surface area contributed by atoms with Gasteiger partial charge in [-0.15, -0.1) is 0 Å². The molecule has 1 aliphatic rings. The molecule has 1 saturated carbocycles. The van der Waals surface area contributed by atoms with E-state index in [-0.39, 0.29) is 5.91 Å². The average Bonchev–Trinajstić information content (AvgIpc) is 3.17. The maximum absolute atomic E-state index is 12.6. The highest BCUT2D eigenvalue weighted by molar-refractivity contribution is 14.1. The Balaban J connectivity index is 2.19. The average molecular weight is 422 g/mol. The van der Waals surface area contributed by atoms with Crippen LogP contribution in [0.4, 0.5) is 0 Å². The molecular weight excluding hydrogens is 405 g/mol. The Hall–Kier alpha value is -0.100. The highest BCUT2D eigenvalue weighted by Crippen LogP contribution is 2.30. The van der Waals surface area contributed by atoms with E-state index >= 15 is 0 Å². The molecule has 2 rings (SSSR count). The summed E-state index contributed by atoms with van der Waals surface area (Å²) in [6.45, 7) is 3.05. The van der Waals surface area contributed by atoms with Crippen molar-refractivity contribution >= 4 is 44.4 Å². The van der Waals surface area contributed by atoms with Crippen LogP contribution in [0.1, 0.15) is 43.0 Å². The zero-order valence-electron chi connectivity index (χ0n) is 10.5. The molecule has 2 nitrogen and oxygen atoms in total. The van der Waals surface area contributed by atoms with Crippen LogP contribution in [0.15, 0.2) is 22.7 Å². The van der Waals surface area contributed by atoms with Crippen LogP contribution in [0.25, 0.3) is 0 Å². The van der Waals surface area contributed by atoms with Crippen molar-refractivity contribution in [2.24, 2.45) is 0 Å². The zero-order chi connectivity index (χ0) is 13.1. The van der Waals surface area contributed by atoms with E-state index in [1.807, 2.05) is 18.2 Å². The standard InChI is InChI=1S/C14H17BrINO/c1-2-3-8-17(11-5-6-11)14(18)12-9-10(16)4-7-13(12)15/h4,7,9,11H,2-3,5-6,8H2,1H3. The molecule has 98 valence electrons. The summed E-state index contributed by atoms with van der Waals surface area (Å²) < 4.78 is 2.00. The summed E-state index contributed by atoms with van der Waals surface area (Å²) >= 11 is 5.74. The number of nitrogens with zero attached hydrogens (tertiary/aromatic N) is 1. The van der Waals surface area contributed by atoms with Crippen molar-refractivity contribution in [1.29, 1.82) is 0 Å². The summed E-state index contributed by atoms with van der Waals surface area (Å²) in [4.78, 5) is 14.7. The molecule has 18 heavy (non-hydrogen) atoms. The number of benzene rings is 1. The molecule has 0 heterocycles. The first-order valence-corrected chi connectivity index (χ1v) is 8.26. The maximum Gasteiger partial charge on any atom is 0.255 e. The van der Waals surface area contributed by atoms with Gasteiger partial charge in [-0.3, -0.25) is 4.79 Å². The number of halogens is 2. The minimum atomic E-state index is 0.177. The van der Waals surface area contributed by atoms with Gasteiger partial charge in [-0.2, -0.15) is 0 Å². The number of amides is 1. The zero-order valence-corrected chi connectivity index (χ0v) is 14.2. The van der Waals surface area contributed by atoms with Gasteiger partial charge in [0.25, 0.3) is 5.91 Å². The summed E-state index contributed by atoms with van der Waals surface area (Å²) in [5.74, 6) is 0.177. The SMILES string of the molecule is CCCCN(C(=O)c1cc(I)ccc1Br)C1CC1. The number of carbonyl (C=O) groups excluding carboxylic acids is 1. The fraction of sp³-hybridized carbons (Fsp3) is 0.500. The third-order valence-corrected chi connectivity index (χ3v) is 4.52. The summed E-state index contributed by atoms with van der Waals surface area (Å²) in [5, 5.41) is 0. The van der Waals surface area contributed by atoms with Crippen LogP contribution in [0.2, 0.25) is 0 Å². The van der Waals surface area contributed by atoms with E-state index in [4.69, 9.17) is 0 Å². The molecule has 0 aliphatic heterocycles. The van der Waals surface area contributed by atoms with E-state index in [0.29, 0.717) is 6.04 Å². The van der Waals surface area contributed by atoms with Gasteiger partial charge in [0.1, 0.15) is 0 Å². The highest BCUT2D eigenvalue weighted by atomic mass is 127. The quantitative estimate of drug-likeness (QED) is 0.642. The molecular formula is C14H17BrINO. The predicted octanol–water partition coefficient (Wildman–Crippen LogP) is 4.46. The second-order valence-corrected chi connectivity index (χ2v) is 6.81. The lowest BCUT2D eigenvalue weighted by Gasteiger charge is -2.23. The minimum Gasteiger partial charge on any atom is -0.336 e. The molecule has 0 unspecified atom stereocenters. The van der Waals surface area contributed by atoms with Crippen LogP contribution in [0.5, 0.6) is 0 Å². The summed E-state index contributed by atoms with van der Waals surface area (Å²) in [6.07, 6.45) is 4.54. The van der Waals surface area contributed by atoms with Gasteiger partial charge >= 0.3 is 0 Å². The number of carbonyl (C=O) groups is 1. The molecule has 1 fully saturated rings. The molecule has 4 heteroatoms. The van der Waals surface area contributed by atoms with Crippen LogP contribution in [-0.2, 0) is 0 Å². The van der Waals surface area contributed by atoms with Crippen molar-refractivity contribution in [3.8, 4) is 0 Å². The normalized spacial score (nSPS) is 14.6. The third-order valence-electron chi connectivity index (χ3n) is 3.16. The van der Waals surface area contributed by atoms with Crippen LogP contribution in [0, 0.1) is 3.57 Å². The summed E-state index contributed by atoms with van der Waals surface area (Å²) in [6, 6.07) is 6.41. The molecule has 0 N–H and O–H groups in total. The highest BCUT2D eigenvalue weighted by Gasteiger charge is 2.33. The van der Waals surface area contributed by atoms with Crippen molar-refractivity contribution in [1.82, 2.24) is 4.90 Å². The van der Waals surface area contributed by atoms with Gasteiger partial charge in [0.15, 0.2) is 0 Å². The third kappa shape index (κ3) is 3.47. The predicted molar refractivity (Wildman–Crippen MR) is 85.8 cm³/mol. The van der Waals surface area contributed by atoms with Crippen LogP contribution in [0.3, 0.4) is 0 Å². The first kappa shape index (κ1) is 14.3. The Labute approximate surface area is 130 Å². The molecule has 1 aliphatic carbocycles. The van der Waals surface area contributed by atoms with Gasteiger partial charge in [0, 0.05) is 20.6 Å². The summed E-state index contributed by atoms with van der Waals surface area (Å²) in [7, 11) is 0. The second-order valence-electron chi connectivity index (χ2n) is 4.71. The van der Waals surface area contributed by atoms with Gasteiger partial charge in [-0.1, -0.05) is 13.3 Å². The van der Waals surface area contributed by atoms with Gasteiger partial charge in [-0.05, 0) is 76.0 Å². The van der Waals surface area contributed by atoms with Crippen molar-refractivity contribution in [3.63, 3.8) is 0 Å². The van der Waals surface area contributed by atoms with Crippen molar-refractivity contribution in [2.45, 2.75) is 38.6 Å². The lowest BCUT2D eigenvalue weighted by Crippen LogP contribution is -2.34. The largest absolute Gasteiger partial charge is 0.336 e. The first-order chi connectivity index (χ1) is 8.63. The fourth-order valence-electron chi connectivity index (χ4n) is 1.98. The Bertz CT molecular complexity index is 445. The molecule has 0 bridgehead atoms. The van der Waals surface area contributed by atoms with Crippen LogP contribution in [-0.4, -0.2) is 23.4 Å². The minimum absolute atomic E-state index is 0.177. The Morgan fingerprint density at radius 3 is 2.83 bits per heavy atom. The Morgan fingerprint density at radius 1 is 1.50 bits per heavy atom. The van der Waals surface area contributed by atoms with Crippen molar-refractivity contribution in [2.75, 3.05) is 6.54 Å². The monoisotopic (exact) mass is 421 g/mol. The molecule has 1 amide bonds. The van der Waals surface area contributed by atoms with Gasteiger partial charge in [0.05, 0.1) is 5.56 Å². The van der Waals surface area contributed by atoms with Gasteiger partial charge < -0.3 is 4.90 Å². The van der Waals surface area contributed by atoms with Gasteiger partial charge in [-0.25, -0.2) is 0 Å². The lowest BCUT2D eigenvalue weighted by molar-refractivity contribution is 0.0739. The van der Waals surface area contributed by atoms with E-state index < -0.39 is 0 Å². The van der Waals surface area contributed by atoms with Crippen LogP contribution < -0.4 is 0 Å². The lowest BCUT2D eigenvalue weighted by atomic mass is 10.2. The number of rotatable bonds is 5. The molecule has 0 saturated heterocycles. The second kappa shape index (κ2) is 6.37. The molecule has 1 aromatic rings. The number of hydrogen-bond acceptors (Lipinski definition) is 1. The van der Waals surface area contributed by atoms with E-state index in [0.717, 1.165) is 45.8 Å².